The number of halogens is 1. The quantitative estimate of drug-likeness (QED) is 0.862. The fourth-order valence-electron chi connectivity index (χ4n) is 3.33. The van der Waals surface area contributed by atoms with Gasteiger partial charge in [-0.25, -0.2) is 0 Å². The molecule has 1 atom stereocenters. The SMILES string of the molecule is Clc1ccc2c(c1)C(c1ccccc1)[NH2+]C(N1CCCC1)=N2. The predicted octanol–water partition coefficient (Wildman–Crippen LogP) is 3.09. The average molecular weight is 313 g/mol. The second-order valence-corrected chi connectivity index (χ2v) is 6.36. The van der Waals surface area contributed by atoms with Crippen molar-refractivity contribution in [1.82, 2.24) is 4.90 Å². The van der Waals surface area contributed by atoms with E-state index in [4.69, 9.17) is 16.6 Å². The third-order valence-corrected chi connectivity index (χ3v) is 4.70. The molecule has 4 rings (SSSR count). The number of hydrogen-bond acceptors (Lipinski definition) is 2. The Hall–Kier alpha value is -1.84. The minimum Gasteiger partial charge on any atom is -0.311 e. The van der Waals surface area contributed by atoms with Crippen LogP contribution in [0.1, 0.15) is 30.0 Å². The summed E-state index contributed by atoms with van der Waals surface area (Å²) in [7, 11) is 0. The maximum absolute atomic E-state index is 6.22. The molecule has 1 saturated heterocycles. The molecule has 0 aliphatic carbocycles. The Labute approximate surface area is 135 Å². The third-order valence-electron chi connectivity index (χ3n) is 4.46. The van der Waals surface area contributed by atoms with Crippen molar-refractivity contribution in [2.45, 2.75) is 18.9 Å². The normalized spacial score (nSPS) is 20.7. The van der Waals surface area contributed by atoms with Crippen molar-refractivity contribution >= 4 is 23.2 Å². The molecule has 1 unspecified atom stereocenters. The molecule has 1 fully saturated rings. The Balaban J connectivity index is 1.79. The molecule has 22 heavy (non-hydrogen) atoms. The lowest BCUT2D eigenvalue weighted by Gasteiger charge is -2.27. The Bertz CT molecular complexity index is 706. The van der Waals surface area contributed by atoms with Crippen LogP contribution in [0.4, 0.5) is 5.69 Å². The van der Waals surface area contributed by atoms with Crippen LogP contribution in [0.2, 0.25) is 5.02 Å². The van der Waals surface area contributed by atoms with Crippen LogP contribution < -0.4 is 5.32 Å². The number of fused-ring (bicyclic) bond motifs is 1. The van der Waals surface area contributed by atoms with Crippen LogP contribution in [-0.2, 0) is 0 Å². The number of aliphatic imine (C=N–C) groups is 1. The molecule has 2 N–H and O–H groups in total. The molecule has 0 amide bonds. The third kappa shape index (κ3) is 2.51. The van der Waals surface area contributed by atoms with Crippen LogP contribution >= 0.6 is 11.6 Å². The molecule has 2 heterocycles. The molecule has 0 bridgehead atoms. The molecule has 2 aromatic rings. The number of benzene rings is 2. The van der Waals surface area contributed by atoms with Gasteiger partial charge in [0.25, 0.3) is 0 Å². The number of rotatable bonds is 1. The molecule has 0 aromatic heterocycles. The summed E-state index contributed by atoms with van der Waals surface area (Å²) in [6.07, 6.45) is 2.52. The van der Waals surface area contributed by atoms with E-state index in [2.05, 4.69) is 46.6 Å². The first-order chi connectivity index (χ1) is 10.8. The predicted molar refractivity (Wildman–Crippen MR) is 89.6 cm³/mol. The fourth-order valence-corrected chi connectivity index (χ4v) is 3.51. The molecule has 112 valence electrons. The Morgan fingerprint density at radius 1 is 1.05 bits per heavy atom. The first-order valence-electron chi connectivity index (χ1n) is 7.84. The molecule has 0 radical (unpaired) electrons. The van der Waals surface area contributed by atoms with E-state index in [-0.39, 0.29) is 6.04 Å². The molecular weight excluding hydrogens is 294 g/mol. The second kappa shape index (κ2) is 5.75. The van der Waals surface area contributed by atoms with Crippen LogP contribution in [0.3, 0.4) is 0 Å². The van der Waals surface area contributed by atoms with E-state index >= 15 is 0 Å². The monoisotopic (exact) mass is 312 g/mol. The lowest BCUT2D eigenvalue weighted by molar-refractivity contribution is -0.587. The second-order valence-electron chi connectivity index (χ2n) is 5.92. The number of nitrogens with two attached hydrogens (primary N) is 1. The highest BCUT2D eigenvalue weighted by molar-refractivity contribution is 6.30. The van der Waals surface area contributed by atoms with Gasteiger partial charge in [-0.1, -0.05) is 41.9 Å². The van der Waals surface area contributed by atoms with Crippen molar-refractivity contribution in [1.29, 1.82) is 0 Å². The topological polar surface area (TPSA) is 32.2 Å². The van der Waals surface area contributed by atoms with Gasteiger partial charge in [-0.05, 0) is 31.0 Å². The molecule has 0 spiro atoms. The summed E-state index contributed by atoms with van der Waals surface area (Å²) in [5, 5.41) is 3.06. The van der Waals surface area contributed by atoms with Gasteiger partial charge in [-0.2, -0.15) is 4.99 Å². The summed E-state index contributed by atoms with van der Waals surface area (Å²) in [6.45, 7) is 2.22. The maximum atomic E-state index is 6.22. The van der Waals surface area contributed by atoms with Gasteiger partial charge in [0, 0.05) is 29.2 Å². The van der Waals surface area contributed by atoms with Gasteiger partial charge in [0.1, 0.15) is 6.04 Å². The number of guanidine groups is 1. The van der Waals surface area contributed by atoms with Gasteiger partial charge in [0.05, 0.1) is 5.69 Å². The van der Waals surface area contributed by atoms with Crippen molar-refractivity contribution in [3.05, 3.63) is 64.7 Å². The van der Waals surface area contributed by atoms with E-state index in [1.165, 1.54) is 24.0 Å². The van der Waals surface area contributed by atoms with Gasteiger partial charge < -0.3 is 4.90 Å². The molecule has 2 aliphatic heterocycles. The van der Waals surface area contributed by atoms with Gasteiger partial charge in [0.2, 0.25) is 0 Å². The first-order valence-corrected chi connectivity index (χ1v) is 8.22. The van der Waals surface area contributed by atoms with Gasteiger partial charge >= 0.3 is 5.96 Å². The van der Waals surface area contributed by atoms with E-state index in [9.17, 15) is 0 Å². The fraction of sp³-hybridized carbons (Fsp3) is 0.278. The summed E-state index contributed by atoms with van der Waals surface area (Å²) in [4.78, 5) is 7.27. The highest BCUT2D eigenvalue weighted by Gasteiger charge is 2.31. The lowest BCUT2D eigenvalue weighted by atomic mass is 9.96. The summed E-state index contributed by atoms with van der Waals surface area (Å²) in [5.41, 5.74) is 3.53. The zero-order chi connectivity index (χ0) is 14.9. The van der Waals surface area contributed by atoms with E-state index in [0.717, 1.165) is 29.8 Å². The van der Waals surface area contributed by atoms with E-state index in [1.807, 2.05) is 12.1 Å². The smallest absolute Gasteiger partial charge is 0.302 e. The molecule has 4 heteroatoms. The van der Waals surface area contributed by atoms with Gasteiger partial charge in [-0.15, -0.1) is 0 Å². The zero-order valence-electron chi connectivity index (χ0n) is 12.4. The van der Waals surface area contributed by atoms with E-state index in [1.54, 1.807) is 0 Å². The Kier molecular flexibility index (Phi) is 3.60. The summed E-state index contributed by atoms with van der Waals surface area (Å²) in [6, 6.07) is 16.8. The van der Waals surface area contributed by atoms with Gasteiger partial charge in [0.15, 0.2) is 0 Å². The van der Waals surface area contributed by atoms with Crippen LogP contribution in [0, 0.1) is 0 Å². The minimum absolute atomic E-state index is 0.225. The first kappa shape index (κ1) is 13.8. The zero-order valence-corrected chi connectivity index (χ0v) is 13.1. The number of quaternary nitrogens is 1. The largest absolute Gasteiger partial charge is 0.311 e. The van der Waals surface area contributed by atoms with E-state index < -0.39 is 0 Å². The average Bonchev–Trinajstić information content (AvgIpc) is 3.09. The molecule has 2 aliphatic rings. The molecule has 0 saturated carbocycles. The highest BCUT2D eigenvalue weighted by atomic mass is 35.5. The molecule has 3 nitrogen and oxygen atoms in total. The van der Waals surface area contributed by atoms with Crippen molar-refractivity contribution in [3.63, 3.8) is 0 Å². The molecule has 2 aromatic carbocycles. The lowest BCUT2D eigenvalue weighted by Crippen LogP contribution is -2.92. The Morgan fingerprint density at radius 2 is 1.82 bits per heavy atom. The summed E-state index contributed by atoms with van der Waals surface area (Å²) >= 11 is 6.22. The maximum Gasteiger partial charge on any atom is 0.302 e. The standard InChI is InChI=1S/C18H18ClN3/c19-14-8-9-16-15(12-14)17(13-6-2-1-3-7-13)21-18(20-16)22-10-4-5-11-22/h1-3,6-9,12,17H,4-5,10-11H2,(H,20,21)/p+1. The van der Waals surface area contributed by atoms with E-state index in [0.29, 0.717) is 0 Å². The van der Waals surface area contributed by atoms with Crippen LogP contribution in [-0.4, -0.2) is 23.9 Å². The van der Waals surface area contributed by atoms with Crippen molar-refractivity contribution in [3.8, 4) is 0 Å². The molecular formula is C18H19ClN3+. The summed E-state index contributed by atoms with van der Waals surface area (Å²) in [5.74, 6) is 1.11. The number of likely N-dealkylation sites (tertiary alicyclic amines) is 1. The summed E-state index contributed by atoms with van der Waals surface area (Å²) < 4.78 is 0. The van der Waals surface area contributed by atoms with Crippen LogP contribution in [0.5, 0.6) is 0 Å². The van der Waals surface area contributed by atoms with Crippen molar-refractivity contribution in [2.75, 3.05) is 13.1 Å². The van der Waals surface area contributed by atoms with Gasteiger partial charge in [-0.3, -0.25) is 5.32 Å². The van der Waals surface area contributed by atoms with Crippen molar-refractivity contribution in [2.24, 2.45) is 4.99 Å². The van der Waals surface area contributed by atoms with Crippen molar-refractivity contribution < 1.29 is 5.32 Å². The Morgan fingerprint density at radius 3 is 2.59 bits per heavy atom. The highest BCUT2D eigenvalue weighted by Crippen LogP contribution is 2.33. The van der Waals surface area contributed by atoms with Crippen LogP contribution in [0.25, 0.3) is 0 Å². The van der Waals surface area contributed by atoms with Crippen LogP contribution in [0.15, 0.2) is 53.5 Å². The number of nitrogens with zero attached hydrogens (tertiary/aromatic N) is 2. The minimum atomic E-state index is 0.225. The number of hydrogen-bond donors (Lipinski definition) is 1.